The van der Waals surface area contributed by atoms with Gasteiger partial charge in [0.05, 0.1) is 0 Å². The van der Waals surface area contributed by atoms with Crippen LogP contribution in [0.4, 0.5) is 5.69 Å². The maximum atomic E-state index is 10.8. The van der Waals surface area contributed by atoms with Crippen LogP contribution >= 0.6 is 0 Å². The molecule has 4 N–H and O–H groups in total. The van der Waals surface area contributed by atoms with Crippen LogP contribution in [0.15, 0.2) is 18.2 Å². The first-order chi connectivity index (χ1) is 5.41. The van der Waals surface area contributed by atoms with E-state index in [1.807, 2.05) is 0 Å². The zero-order valence-corrected chi connectivity index (χ0v) is 8.44. The fraction of sp³-hybridized carbons (Fsp3) is 0.143. The molecule has 0 unspecified atom stereocenters. The maximum absolute atomic E-state index is 10.8. The van der Waals surface area contributed by atoms with Crippen molar-refractivity contribution in [1.82, 2.24) is 0 Å². The first-order valence-corrected chi connectivity index (χ1v) is 6.72. The van der Waals surface area contributed by atoms with E-state index in [9.17, 15) is 3.74 Å². The molecule has 1 aromatic rings. The Balaban J connectivity index is 3.23. The second-order valence-electron chi connectivity index (χ2n) is 2.58. The van der Waals surface area contributed by atoms with Gasteiger partial charge in [-0.05, 0) is 0 Å². The molecule has 0 aliphatic rings. The fourth-order valence-corrected chi connectivity index (χ4v) is 2.02. The van der Waals surface area contributed by atoms with Gasteiger partial charge in [0.1, 0.15) is 0 Å². The summed E-state index contributed by atoms with van der Waals surface area (Å²) >= 11 is -4.74. The standard InChI is InChI=1S/C7H10AsNO3/c1-5-2-3-6(4-7(5)9)8(10,11)12/h2-4H,9H2,1H3,(H2,10,11,12). The van der Waals surface area contributed by atoms with Crippen LogP contribution < -0.4 is 10.1 Å². The Morgan fingerprint density at radius 2 is 2.00 bits per heavy atom. The van der Waals surface area contributed by atoms with Crippen molar-refractivity contribution in [3.05, 3.63) is 23.8 Å². The molecule has 4 nitrogen and oxygen atoms in total. The summed E-state index contributed by atoms with van der Waals surface area (Å²) in [7, 11) is 0. The second-order valence-corrected chi connectivity index (χ2v) is 5.95. The predicted molar refractivity (Wildman–Crippen MR) is 46.1 cm³/mol. The third-order valence-corrected chi connectivity index (χ3v) is 3.59. The summed E-state index contributed by atoms with van der Waals surface area (Å²) in [5.41, 5.74) is 6.72. The molecule has 0 aromatic heterocycles. The second kappa shape index (κ2) is 2.98. The van der Waals surface area contributed by atoms with Gasteiger partial charge in [-0.15, -0.1) is 0 Å². The summed E-state index contributed by atoms with van der Waals surface area (Å²) < 4.78 is 28.5. The van der Waals surface area contributed by atoms with Gasteiger partial charge in [-0.2, -0.15) is 0 Å². The van der Waals surface area contributed by atoms with Gasteiger partial charge in [0.2, 0.25) is 0 Å². The van der Waals surface area contributed by atoms with Gasteiger partial charge < -0.3 is 0 Å². The van der Waals surface area contributed by atoms with Crippen LogP contribution in [0, 0.1) is 6.92 Å². The summed E-state index contributed by atoms with van der Waals surface area (Å²) in [4.78, 5) is 0. The van der Waals surface area contributed by atoms with E-state index in [0.29, 0.717) is 5.69 Å². The van der Waals surface area contributed by atoms with Gasteiger partial charge in [0.15, 0.2) is 0 Å². The third kappa shape index (κ3) is 1.91. The van der Waals surface area contributed by atoms with Crippen LogP contribution in [0.2, 0.25) is 0 Å². The van der Waals surface area contributed by atoms with Crippen molar-refractivity contribution < 1.29 is 11.9 Å². The van der Waals surface area contributed by atoms with Crippen molar-refractivity contribution in [2.24, 2.45) is 0 Å². The number of hydrogen-bond donors (Lipinski definition) is 3. The number of rotatable bonds is 1. The minimum absolute atomic E-state index is 0.0243. The summed E-state index contributed by atoms with van der Waals surface area (Å²) in [6.45, 7) is 1.78. The van der Waals surface area contributed by atoms with E-state index in [1.165, 1.54) is 12.1 Å². The fourth-order valence-electron chi connectivity index (χ4n) is 0.809. The van der Waals surface area contributed by atoms with Crippen LogP contribution in [0.5, 0.6) is 0 Å². The molecule has 66 valence electrons. The van der Waals surface area contributed by atoms with E-state index in [0.717, 1.165) is 5.56 Å². The number of nitrogen functional groups attached to an aromatic ring is 1. The Labute approximate surface area is 73.0 Å². The molecular weight excluding hydrogens is 221 g/mol. The zero-order chi connectivity index (χ0) is 9.35. The number of anilines is 1. The van der Waals surface area contributed by atoms with Crippen LogP contribution in [0.1, 0.15) is 5.56 Å². The topological polar surface area (TPSA) is 83.5 Å². The third-order valence-electron chi connectivity index (χ3n) is 1.60. The van der Waals surface area contributed by atoms with Gasteiger partial charge in [0.25, 0.3) is 0 Å². The Bertz CT molecular complexity index is 345. The summed E-state index contributed by atoms with van der Waals surface area (Å²) in [6, 6.07) is 4.34. The average Bonchev–Trinajstić information content (AvgIpc) is 1.92. The number of nitrogens with two attached hydrogens (primary N) is 1. The van der Waals surface area contributed by atoms with Gasteiger partial charge in [-0.3, -0.25) is 0 Å². The summed E-state index contributed by atoms with van der Waals surface area (Å²) in [6.07, 6.45) is 0. The van der Waals surface area contributed by atoms with Crippen molar-refractivity contribution in [1.29, 1.82) is 0 Å². The molecule has 0 saturated carbocycles. The molecule has 0 amide bonds. The number of aryl methyl sites for hydroxylation is 1. The molecule has 0 aliphatic carbocycles. The van der Waals surface area contributed by atoms with E-state index < -0.39 is 14.2 Å². The molecule has 5 heteroatoms. The zero-order valence-electron chi connectivity index (χ0n) is 6.56. The van der Waals surface area contributed by atoms with Crippen LogP contribution in [0.3, 0.4) is 0 Å². The van der Waals surface area contributed by atoms with Gasteiger partial charge in [0, 0.05) is 0 Å². The first-order valence-electron chi connectivity index (χ1n) is 3.33. The van der Waals surface area contributed by atoms with Crippen molar-refractivity contribution in [2.45, 2.75) is 6.92 Å². The minimum atomic E-state index is -4.74. The van der Waals surface area contributed by atoms with E-state index in [2.05, 4.69) is 0 Å². The Morgan fingerprint density at radius 3 is 2.42 bits per heavy atom. The first kappa shape index (κ1) is 9.39. The van der Waals surface area contributed by atoms with E-state index >= 15 is 0 Å². The van der Waals surface area contributed by atoms with Gasteiger partial charge in [-0.25, -0.2) is 0 Å². The van der Waals surface area contributed by atoms with Gasteiger partial charge in [-0.1, -0.05) is 0 Å². The molecule has 0 bridgehead atoms. The molecule has 0 aliphatic heterocycles. The number of hydrogen-bond acceptors (Lipinski definition) is 2. The van der Waals surface area contributed by atoms with Crippen molar-refractivity contribution in [3.63, 3.8) is 0 Å². The Hall–Kier alpha value is -0.702. The van der Waals surface area contributed by atoms with E-state index in [-0.39, 0.29) is 4.35 Å². The average molecular weight is 231 g/mol. The van der Waals surface area contributed by atoms with E-state index in [4.69, 9.17) is 13.9 Å². The monoisotopic (exact) mass is 231 g/mol. The Morgan fingerprint density at radius 1 is 1.42 bits per heavy atom. The van der Waals surface area contributed by atoms with Crippen molar-refractivity contribution in [2.75, 3.05) is 5.73 Å². The number of benzene rings is 1. The van der Waals surface area contributed by atoms with Crippen molar-refractivity contribution >= 4 is 24.2 Å². The quantitative estimate of drug-likeness (QED) is 0.433. The molecule has 12 heavy (non-hydrogen) atoms. The SMILES string of the molecule is Cc1ccc([As](=O)(O)O)cc1N. The van der Waals surface area contributed by atoms with Crippen LogP contribution in [-0.2, 0) is 3.74 Å². The molecule has 0 heterocycles. The van der Waals surface area contributed by atoms with Crippen LogP contribution in [0.25, 0.3) is 0 Å². The normalized spacial score (nSPS) is 11.6. The molecule has 1 aromatic carbocycles. The summed E-state index contributed by atoms with van der Waals surface area (Å²) in [5.74, 6) is 0. The van der Waals surface area contributed by atoms with Crippen LogP contribution in [-0.4, -0.2) is 22.4 Å². The molecule has 0 spiro atoms. The summed E-state index contributed by atoms with van der Waals surface area (Å²) in [5, 5.41) is 0. The Kier molecular flexibility index (Phi) is 2.33. The molecule has 1 rings (SSSR count). The molecule has 0 saturated heterocycles. The molecule has 0 radical (unpaired) electrons. The van der Waals surface area contributed by atoms with Gasteiger partial charge >= 0.3 is 72.6 Å². The van der Waals surface area contributed by atoms with Crippen molar-refractivity contribution in [3.8, 4) is 0 Å². The molecule has 0 atom stereocenters. The molecule has 0 fully saturated rings. The van der Waals surface area contributed by atoms with E-state index in [1.54, 1.807) is 13.0 Å². The molecular formula is C7H10AsNO3. The predicted octanol–water partition coefficient (Wildman–Crippen LogP) is -0.862.